The quantitative estimate of drug-likeness (QED) is 0.635. The minimum Gasteiger partial charge on any atom is -0.480 e. The van der Waals surface area contributed by atoms with Crippen molar-refractivity contribution < 1.29 is 24.6 Å². The van der Waals surface area contributed by atoms with Crippen LogP contribution in [0.1, 0.15) is 18.4 Å². The van der Waals surface area contributed by atoms with Crippen LogP contribution in [0.3, 0.4) is 0 Å². The van der Waals surface area contributed by atoms with Gasteiger partial charge in [-0.1, -0.05) is 18.2 Å². The van der Waals surface area contributed by atoms with Crippen LogP contribution >= 0.6 is 11.8 Å². The number of anilines is 1. The third-order valence-corrected chi connectivity index (χ3v) is 4.80. The third-order valence-electron chi connectivity index (χ3n) is 4.15. The molecule has 1 aromatic rings. The molecule has 0 saturated carbocycles. The summed E-state index contributed by atoms with van der Waals surface area (Å²) in [6.07, 6.45) is 3.28. The Balaban J connectivity index is 2.25. The molecule has 0 bridgehead atoms. The number of fused-ring (bicyclic) bond motifs is 1. The average Bonchev–Trinajstić information content (AvgIpc) is 2.70. The number of hydrogen-bond donors (Lipinski definition) is 3. The van der Waals surface area contributed by atoms with Crippen molar-refractivity contribution in [2.24, 2.45) is 0 Å². The van der Waals surface area contributed by atoms with E-state index in [0.717, 1.165) is 5.56 Å². The fourth-order valence-corrected chi connectivity index (χ4v) is 3.40. The number of carbonyl (C=O) groups is 3. The normalized spacial score (nSPS) is 18.4. The zero-order valence-corrected chi connectivity index (χ0v) is 14.8. The first kappa shape index (κ1) is 19.3. The molecule has 0 spiro atoms. The number of nitrogens with zero attached hydrogens (tertiary/aromatic N) is 1. The van der Waals surface area contributed by atoms with Crippen LogP contribution in [0, 0.1) is 0 Å². The highest BCUT2D eigenvalue weighted by molar-refractivity contribution is 7.98. The van der Waals surface area contributed by atoms with Gasteiger partial charge < -0.3 is 10.2 Å². The maximum Gasteiger partial charge on any atom is 0.323 e. The number of carbonyl (C=O) groups excluding carboxylic acids is 1. The number of nitrogens with one attached hydrogen (secondary N) is 1. The van der Waals surface area contributed by atoms with Gasteiger partial charge in [0.15, 0.2) is 0 Å². The van der Waals surface area contributed by atoms with E-state index >= 15 is 0 Å². The summed E-state index contributed by atoms with van der Waals surface area (Å²) in [7, 11) is 0. The molecule has 0 unspecified atom stereocenters. The first-order valence-electron chi connectivity index (χ1n) is 8.03. The number of benzene rings is 1. The zero-order chi connectivity index (χ0) is 18.4. The molecule has 3 N–H and O–H groups in total. The molecule has 136 valence electrons. The Morgan fingerprint density at radius 3 is 2.72 bits per heavy atom. The number of aryl methyl sites for hydroxylation is 1. The van der Waals surface area contributed by atoms with Crippen molar-refractivity contribution >= 4 is 35.3 Å². The Hall–Kier alpha value is -2.06. The second-order valence-electron chi connectivity index (χ2n) is 5.88. The molecule has 2 rings (SSSR count). The summed E-state index contributed by atoms with van der Waals surface area (Å²) < 4.78 is 0. The van der Waals surface area contributed by atoms with Crippen LogP contribution in [0.15, 0.2) is 24.3 Å². The topological polar surface area (TPSA) is 107 Å². The molecule has 1 heterocycles. The number of para-hydroxylation sites is 1. The number of carboxylic acid groups (broad SMARTS) is 2. The summed E-state index contributed by atoms with van der Waals surface area (Å²) in [6, 6.07) is 5.62. The number of aliphatic carboxylic acids is 2. The molecule has 0 radical (unpaired) electrons. The number of thioether (sulfide) groups is 1. The molecule has 0 aromatic heterocycles. The van der Waals surface area contributed by atoms with Gasteiger partial charge in [-0.2, -0.15) is 11.8 Å². The van der Waals surface area contributed by atoms with E-state index in [1.165, 1.54) is 16.7 Å². The monoisotopic (exact) mass is 366 g/mol. The lowest BCUT2D eigenvalue weighted by Gasteiger charge is -2.26. The number of carboxylic acids is 2. The summed E-state index contributed by atoms with van der Waals surface area (Å²) in [6.45, 7) is -0.448. The molecule has 1 aliphatic heterocycles. The fourth-order valence-electron chi connectivity index (χ4n) is 2.93. The molecule has 1 aliphatic rings. The van der Waals surface area contributed by atoms with Gasteiger partial charge in [-0.3, -0.25) is 24.6 Å². The molecule has 1 aromatic carbocycles. The summed E-state index contributed by atoms with van der Waals surface area (Å²) in [5.41, 5.74) is 1.47. The lowest BCUT2D eigenvalue weighted by Crippen LogP contribution is -2.52. The van der Waals surface area contributed by atoms with E-state index in [1.807, 2.05) is 18.4 Å². The van der Waals surface area contributed by atoms with Crippen LogP contribution in [0.4, 0.5) is 5.69 Å². The zero-order valence-electron chi connectivity index (χ0n) is 14.0. The van der Waals surface area contributed by atoms with Gasteiger partial charge in [0.1, 0.15) is 12.6 Å². The van der Waals surface area contributed by atoms with Gasteiger partial charge in [0, 0.05) is 5.69 Å². The van der Waals surface area contributed by atoms with Gasteiger partial charge in [0.05, 0.1) is 6.04 Å². The second kappa shape index (κ2) is 8.87. The summed E-state index contributed by atoms with van der Waals surface area (Å²) in [5.74, 6) is -1.86. The van der Waals surface area contributed by atoms with Crippen LogP contribution < -0.4 is 10.2 Å². The standard InChI is InChI=1S/C17H22N2O5S/c1-25-9-8-13(17(23)24)18-12-7-6-11-4-2-3-5-14(11)19(16(12)22)10-15(20)21/h2-5,12-13,18H,6-10H2,1H3,(H,20,21)(H,23,24)/t12-,13-/m0/s1. The van der Waals surface area contributed by atoms with Crippen LogP contribution in [-0.4, -0.2) is 58.7 Å². The van der Waals surface area contributed by atoms with Crippen molar-refractivity contribution in [3.8, 4) is 0 Å². The van der Waals surface area contributed by atoms with Gasteiger partial charge in [-0.05, 0) is 42.9 Å². The van der Waals surface area contributed by atoms with E-state index in [4.69, 9.17) is 5.11 Å². The van der Waals surface area contributed by atoms with E-state index < -0.39 is 36.5 Å². The molecule has 7 nitrogen and oxygen atoms in total. The Bertz CT molecular complexity index is 652. The fraction of sp³-hybridized carbons (Fsp3) is 0.471. The number of rotatable bonds is 8. The SMILES string of the molecule is CSCC[C@H](N[C@H]1CCc2ccccc2N(CC(=O)O)C1=O)C(=O)O. The Kier molecular flexibility index (Phi) is 6.83. The van der Waals surface area contributed by atoms with Gasteiger partial charge in [0.25, 0.3) is 0 Å². The molecule has 2 atom stereocenters. The van der Waals surface area contributed by atoms with E-state index in [2.05, 4.69) is 5.32 Å². The Labute approximate surface area is 150 Å². The van der Waals surface area contributed by atoms with E-state index in [0.29, 0.717) is 30.7 Å². The van der Waals surface area contributed by atoms with Crippen molar-refractivity contribution in [3.63, 3.8) is 0 Å². The predicted octanol–water partition coefficient (Wildman–Crippen LogP) is 1.21. The summed E-state index contributed by atoms with van der Waals surface area (Å²) in [4.78, 5) is 36.8. The molecule has 0 fully saturated rings. The van der Waals surface area contributed by atoms with Crippen molar-refractivity contribution in [1.82, 2.24) is 5.32 Å². The first-order valence-corrected chi connectivity index (χ1v) is 9.42. The molecule has 1 amide bonds. The lowest BCUT2D eigenvalue weighted by atomic mass is 10.0. The van der Waals surface area contributed by atoms with E-state index in [-0.39, 0.29) is 0 Å². The highest BCUT2D eigenvalue weighted by Gasteiger charge is 2.33. The lowest BCUT2D eigenvalue weighted by molar-refractivity contribution is -0.140. The first-order chi connectivity index (χ1) is 11.9. The summed E-state index contributed by atoms with van der Waals surface area (Å²) in [5, 5.41) is 21.5. The molecule has 25 heavy (non-hydrogen) atoms. The van der Waals surface area contributed by atoms with Crippen molar-refractivity contribution in [2.75, 3.05) is 23.5 Å². The minimum absolute atomic E-state index is 0.395. The van der Waals surface area contributed by atoms with Crippen LogP contribution in [0.5, 0.6) is 0 Å². The van der Waals surface area contributed by atoms with Crippen molar-refractivity contribution in [2.45, 2.75) is 31.3 Å². The number of hydrogen-bond acceptors (Lipinski definition) is 5. The number of amides is 1. The van der Waals surface area contributed by atoms with Crippen molar-refractivity contribution in [1.29, 1.82) is 0 Å². The maximum atomic E-state index is 12.9. The smallest absolute Gasteiger partial charge is 0.323 e. The molecular formula is C17H22N2O5S. The molecule has 0 saturated heterocycles. The van der Waals surface area contributed by atoms with Crippen molar-refractivity contribution in [3.05, 3.63) is 29.8 Å². The van der Waals surface area contributed by atoms with Gasteiger partial charge in [-0.15, -0.1) is 0 Å². The van der Waals surface area contributed by atoms with Gasteiger partial charge in [-0.25, -0.2) is 0 Å². The highest BCUT2D eigenvalue weighted by Crippen LogP contribution is 2.27. The molecule has 0 aliphatic carbocycles. The average molecular weight is 366 g/mol. The van der Waals surface area contributed by atoms with Crippen LogP contribution in [0.25, 0.3) is 0 Å². The van der Waals surface area contributed by atoms with E-state index in [9.17, 15) is 19.5 Å². The third kappa shape index (κ3) is 4.96. The maximum absolute atomic E-state index is 12.9. The molecular weight excluding hydrogens is 344 g/mol. The van der Waals surface area contributed by atoms with Crippen LogP contribution in [-0.2, 0) is 20.8 Å². The van der Waals surface area contributed by atoms with E-state index in [1.54, 1.807) is 12.1 Å². The largest absolute Gasteiger partial charge is 0.480 e. The Morgan fingerprint density at radius 1 is 1.36 bits per heavy atom. The summed E-state index contributed by atoms with van der Waals surface area (Å²) >= 11 is 1.54. The van der Waals surface area contributed by atoms with Gasteiger partial charge >= 0.3 is 11.9 Å². The minimum atomic E-state index is -1.11. The predicted molar refractivity (Wildman–Crippen MR) is 96.1 cm³/mol. The highest BCUT2D eigenvalue weighted by atomic mass is 32.2. The Morgan fingerprint density at radius 2 is 2.08 bits per heavy atom. The van der Waals surface area contributed by atoms with Gasteiger partial charge in [0.2, 0.25) is 5.91 Å². The van der Waals surface area contributed by atoms with Crippen LogP contribution in [0.2, 0.25) is 0 Å². The molecule has 8 heteroatoms. The second-order valence-corrected chi connectivity index (χ2v) is 6.86.